The fourth-order valence-corrected chi connectivity index (χ4v) is 0.605. The highest BCUT2D eigenvalue weighted by Gasteiger charge is 2.06. The van der Waals surface area contributed by atoms with Crippen LogP contribution in [-0.2, 0) is 0 Å². The maximum atomic E-state index is 5.60. The molecule has 1 unspecified atom stereocenters. The van der Waals surface area contributed by atoms with E-state index in [1.807, 2.05) is 0 Å². The molecular weight excluding hydrogens is 100 g/mol. The van der Waals surface area contributed by atoms with Gasteiger partial charge in [0.05, 0.1) is 0 Å². The zero-order valence-electron chi connectivity index (χ0n) is 5.72. The first-order valence-corrected chi connectivity index (χ1v) is 3.23. The van der Waals surface area contributed by atoms with Gasteiger partial charge < -0.3 is 11.5 Å². The lowest BCUT2D eigenvalue weighted by molar-refractivity contribution is 0.500. The number of hydrogen-bond donors (Lipinski definition) is 2. The van der Waals surface area contributed by atoms with Crippen LogP contribution < -0.4 is 11.5 Å². The Morgan fingerprint density at radius 3 is 1.38 bits per heavy atom. The average molecular weight is 116 g/mol. The van der Waals surface area contributed by atoms with Gasteiger partial charge in [0.1, 0.15) is 0 Å². The first kappa shape index (κ1) is 7.92. The van der Waals surface area contributed by atoms with Gasteiger partial charge >= 0.3 is 0 Å². The van der Waals surface area contributed by atoms with Crippen LogP contribution in [-0.4, -0.2) is 12.1 Å². The zero-order chi connectivity index (χ0) is 6.57. The van der Waals surface area contributed by atoms with Crippen molar-refractivity contribution < 1.29 is 0 Å². The molecule has 50 valence electrons. The lowest BCUT2D eigenvalue weighted by atomic mass is 10.1. The third kappa shape index (κ3) is 2.28. The Bertz CT molecular complexity index is 46.5. The van der Waals surface area contributed by atoms with Crippen LogP contribution in [0.3, 0.4) is 0 Å². The zero-order valence-corrected chi connectivity index (χ0v) is 5.72. The van der Waals surface area contributed by atoms with Crippen molar-refractivity contribution in [3.8, 4) is 0 Å². The number of nitrogens with two attached hydrogens (primary N) is 2. The fourth-order valence-electron chi connectivity index (χ4n) is 0.605. The van der Waals surface area contributed by atoms with E-state index in [1.54, 1.807) is 0 Å². The maximum absolute atomic E-state index is 5.60. The highest BCUT2D eigenvalue weighted by atomic mass is 14.8. The average Bonchev–Trinajstić information content (AvgIpc) is 1.84. The van der Waals surface area contributed by atoms with E-state index in [-0.39, 0.29) is 12.1 Å². The standard InChI is InChI=1S/C6H16N2/c1-3-5(7)6(8)4-2/h5-6H,3-4,7-8H2,1-2H3/t5-,6?/m0/s1. The Balaban J connectivity index is 3.29. The van der Waals surface area contributed by atoms with Gasteiger partial charge in [-0.2, -0.15) is 0 Å². The van der Waals surface area contributed by atoms with Gasteiger partial charge in [0.2, 0.25) is 0 Å². The van der Waals surface area contributed by atoms with E-state index < -0.39 is 0 Å². The summed E-state index contributed by atoms with van der Waals surface area (Å²) in [5, 5.41) is 0. The van der Waals surface area contributed by atoms with Gasteiger partial charge in [-0.1, -0.05) is 13.8 Å². The summed E-state index contributed by atoms with van der Waals surface area (Å²) in [4.78, 5) is 0. The molecule has 2 nitrogen and oxygen atoms in total. The summed E-state index contributed by atoms with van der Waals surface area (Å²) in [6, 6.07) is 0.389. The lowest BCUT2D eigenvalue weighted by Crippen LogP contribution is -2.40. The molecular formula is C6H16N2. The summed E-state index contributed by atoms with van der Waals surface area (Å²) in [6.07, 6.45) is 1.96. The Kier molecular flexibility index (Phi) is 3.83. The van der Waals surface area contributed by atoms with Gasteiger partial charge in [-0.15, -0.1) is 0 Å². The van der Waals surface area contributed by atoms with Crippen molar-refractivity contribution in [1.82, 2.24) is 0 Å². The highest BCUT2D eigenvalue weighted by Crippen LogP contribution is 1.94. The maximum Gasteiger partial charge on any atom is 0.0189 e. The van der Waals surface area contributed by atoms with E-state index in [1.165, 1.54) is 0 Å². The molecule has 0 radical (unpaired) electrons. The molecule has 0 spiro atoms. The second kappa shape index (κ2) is 3.87. The minimum atomic E-state index is 0.194. The van der Waals surface area contributed by atoms with E-state index >= 15 is 0 Å². The molecule has 0 aromatic rings. The smallest absolute Gasteiger partial charge is 0.0189 e. The molecule has 0 aromatic heterocycles. The number of rotatable bonds is 3. The van der Waals surface area contributed by atoms with E-state index in [0.29, 0.717) is 0 Å². The normalized spacial score (nSPS) is 18.0. The Morgan fingerprint density at radius 1 is 1.00 bits per heavy atom. The molecule has 0 amide bonds. The third-order valence-electron chi connectivity index (χ3n) is 1.49. The first-order chi connectivity index (χ1) is 3.72. The fraction of sp³-hybridized carbons (Fsp3) is 1.00. The van der Waals surface area contributed by atoms with Gasteiger partial charge in [-0.05, 0) is 12.8 Å². The van der Waals surface area contributed by atoms with Crippen molar-refractivity contribution in [2.24, 2.45) is 11.5 Å². The van der Waals surface area contributed by atoms with Crippen LogP contribution in [0.15, 0.2) is 0 Å². The van der Waals surface area contributed by atoms with Crippen molar-refractivity contribution in [1.29, 1.82) is 0 Å². The summed E-state index contributed by atoms with van der Waals surface area (Å²) in [5.74, 6) is 0. The van der Waals surface area contributed by atoms with Gasteiger partial charge in [0.25, 0.3) is 0 Å². The van der Waals surface area contributed by atoms with Crippen LogP contribution in [0, 0.1) is 0 Å². The summed E-state index contributed by atoms with van der Waals surface area (Å²) in [6.45, 7) is 4.11. The molecule has 0 aliphatic carbocycles. The Labute approximate surface area is 51.2 Å². The molecule has 2 heteroatoms. The molecule has 0 saturated carbocycles. The second-order valence-electron chi connectivity index (χ2n) is 2.14. The summed E-state index contributed by atoms with van der Waals surface area (Å²) in [7, 11) is 0. The molecule has 0 aromatic carbocycles. The molecule has 0 fully saturated rings. The summed E-state index contributed by atoms with van der Waals surface area (Å²) < 4.78 is 0. The van der Waals surface area contributed by atoms with Crippen LogP contribution in [0.25, 0.3) is 0 Å². The molecule has 4 N–H and O–H groups in total. The first-order valence-electron chi connectivity index (χ1n) is 3.23. The van der Waals surface area contributed by atoms with E-state index in [4.69, 9.17) is 11.5 Å². The van der Waals surface area contributed by atoms with Gasteiger partial charge in [0, 0.05) is 12.1 Å². The van der Waals surface area contributed by atoms with E-state index in [2.05, 4.69) is 13.8 Å². The van der Waals surface area contributed by atoms with Crippen LogP contribution in [0.4, 0.5) is 0 Å². The lowest BCUT2D eigenvalue weighted by Gasteiger charge is -2.14. The predicted octanol–water partition coefficient (Wildman–Crippen LogP) is 0.461. The van der Waals surface area contributed by atoms with Crippen molar-refractivity contribution in [3.63, 3.8) is 0 Å². The molecule has 0 heterocycles. The molecule has 0 aliphatic rings. The monoisotopic (exact) mass is 116 g/mol. The SMILES string of the molecule is CCC(N)[C@@H](N)CC. The van der Waals surface area contributed by atoms with Crippen LogP contribution in [0.2, 0.25) is 0 Å². The quantitative estimate of drug-likeness (QED) is 0.563. The molecule has 0 aliphatic heterocycles. The van der Waals surface area contributed by atoms with E-state index in [0.717, 1.165) is 12.8 Å². The molecule has 0 rings (SSSR count). The van der Waals surface area contributed by atoms with Gasteiger partial charge in [-0.25, -0.2) is 0 Å². The third-order valence-corrected chi connectivity index (χ3v) is 1.49. The van der Waals surface area contributed by atoms with Crippen LogP contribution in [0.1, 0.15) is 26.7 Å². The minimum absolute atomic E-state index is 0.194. The topological polar surface area (TPSA) is 52.0 Å². The Hall–Kier alpha value is -0.0800. The van der Waals surface area contributed by atoms with Gasteiger partial charge in [-0.3, -0.25) is 0 Å². The predicted molar refractivity (Wildman–Crippen MR) is 36.5 cm³/mol. The summed E-state index contributed by atoms with van der Waals surface area (Å²) >= 11 is 0. The molecule has 0 saturated heterocycles. The van der Waals surface area contributed by atoms with E-state index in [9.17, 15) is 0 Å². The van der Waals surface area contributed by atoms with Crippen molar-refractivity contribution in [2.45, 2.75) is 38.8 Å². The van der Waals surface area contributed by atoms with Crippen molar-refractivity contribution in [2.75, 3.05) is 0 Å². The largest absolute Gasteiger partial charge is 0.326 e. The molecule has 2 atom stereocenters. The Morgan fingerprint density at radius 2 is 1.25 bits per heavy atom. The van der Waals surface area contributed by atoms with Crippen LogP contribution in [0.5, 0.6) is 0 Å². The van der Waals surface area contributed by atoms with Crippen molar-refractivity contribution in [3.05, 3.63) is 0 Å². The van der Waals surface area contributed by atoms with Crippen molar-refractivity contribution >= 4 is 0 Å². The highest BCUT2D eigenvalue weighted by molar-refractivity contribution is 4.71. The molecule has 8 heavy (non-hydrogen) atoms. The second-order valence-corrected chi connectivity index (χ2v) is 2.14. The van der Waals surface area contributed by atoms with Gasteiger partial charge in [0.15, 0.2) is 0 Å². The van der Waals surface area contributed by atoms with Crippen LogP contribution >= 0.6 is 0 Å². The minimum Gasteiger partial charge on any atom is -0.326 e. The summed E-state index contributed by atoms with van der Waals surface area (Å²) in [5.41, 5.74) is 11.2. The molecule has 0 bridgehead atoms. The number of hydrogen-bond acceptors (Lipinski definition) is 2.